The number of benzene rings is 1. The fourth-order valence-corrected chi connectivity index (χ4v) is 1.72. The maximum atomic E-state index is 8.99. The van der Waals surface area contributed by atoms with E-state index >= 15 is 0 Å². The van der Waals surface area contributed by atoms with Crippen LogP contribution in [0.3, 0.4) is 0 Å². The summed E-state index contributed by atoms with van der Waals surface area (Å²) in [5.74, 6) is 0. The van der Waals surface area contributed by atoms with Crippen LogP contribution < -0.4 is 0 Å². The van der Waals surface area contributed by atoms with Crippen LogP contribution >= 0.6 is 0 Å². The van der Waals surface area contributed by atoms with Crippen molar-refractivity contribution in [3.05, 3.63) is 35.4 Å². The third kappa shape index (κ3) is 2.82. The van der Waals surface area contributed by atoms with E-state index in [9.17, 15) is 0 Å². The van der Waals surface area contributed by atoms with E-state index in [2.05, 4.69) is 36.1 Å². The first-order valence-corrected chi connectivity index (χ1v) is 4.99. The molecule has 1 atom stereocenters. The Labute approximate surface area is 86.2 Å². The molecule has 1 aromatic rings. The molecule has 2 heteroatoms. The van der Waals surface area contributed by atoms with Gasteiger partial charge in [-0.2, -0.15) is 0 Å². The third-order valence-electron chi connectivity index (χ3n) is 2.45. The Morgan fingerprint density at radius 1 is 1.36 bits per heavy atom. The first kappa shape index (κ1) is 11.2. The van der Waals surface area contributed by atoms with E-state index in [1.807, 2.05) is 14.1 Å². The maximum Gasteiger partial charge on any atom is 0.0449 e. The van der Waals surface area contributed by atoms with Crippen molar-refractivity contribution in [2.24, 2.45) is 0 Å². The van der Waals surface area contributed by atoms with Gasteiger partial charge in [0.25, 0.3) is 0 Å². The lowest BCUT2D eigenvalue weighted by Gasteiger charge is -2.24. The fourth-order valence-electron chi connectivity index (χ4n) is 1.72. The molecule has 0 bridgehead atoms. The van der Waals surface area contributed by atoms with Gasteiger partial charge in [0.1, 0.15) is 0 Å². The number of aliphatic hydroxyl groups is 1. The largest absolute Gasteiger partial charge is 0.396 e. The predicted octanol–water partition coefficient (Wildman–Crippen LogP) is 1.98. The molecule has 1 unspecified atom stereocenters. The van der Waals surface area contributed by atoms with Crippen molar-refractivity contribution in [1.82, 2.24) is 4.90 Å². The van der Waals surface area contributed by atoms with Crippen molar-refractivity contribution in [3.63, 3.8) is 0 Å². The molecule has 0 amide bonds. The summed E-state index contributed by atoms with van der Waals surface area (Å²) in [6.07, 6.45) is 0.788. The number of rotatable bonds is 4. The van der Waals surface area contributed by atoms with Crippen molar-refractivity contribution >= 4 is 0 Å². The minimum absolute atomic E-state index is 0.233. The van der Waals surface area contributed by atoms with Crippen LogP contribution in [-0.4, -0.2) is 30.7 Å². The van der Waals surface area contributed by atoms with Crippen LogP contribution in [0.15, 0.2) is 24.3 Å². The normalized spacial score (nSPS) is 13.2. The second-order valence-electron chi connectivity index (χ2n) is 3.91. The molecule has 1 N–H and O–H groups in total. The summed E-state index contributed by atoms with van der Waals surface area (Å²) >= 11 is 0. The predicted molar refractivity (Wildman–Crippen MR) is 59.3 cm³/mol. The summed E-state index contributed by atoms with van der Waals surface area (Å²) < 4.78 is 0. The monoisotopic (exact) mass is 193 g/mol. The lowest BCUT2D eigenvalue weighted by Crippen LogP contribution is -2.21. The van der Waals surface area contributed by atoms with Crippen LogP contribution in [0.1, 0.15) is 23.6 Å². The quantitative estimate of drug-likeness (QED) is 0.790. The number of aliphatic hydroxyl groups excluding tert-OH is 1. The van der Waals surface area contributed by atoms with Crippen LogP contribution in [0.2, 0.25) is 0 Å². The zero-order chi connectivity index (χ0) is 10.6. The molecule has 0 aliphatic carbocycles. The van der Waals surface area contributed by atoms with Gasteiger partial charge in [0, 0.05) is 12.6 Å². The Bertz CT molecular complexity index is 283. The Morgan fingerprint density at radius 3 is 2.57 bits per heavy atom. The average molecular weight is 193 g/mol. The van der Waals surface area contributed by atoms with Gasteiger partial charge in [0.2, 0.25) is 0 Å². The van der Waals surface area contributed by atoms with E-state index in [1.165, 1.54) is 11.1 Å². The number of nitrogens with zero attached hydrogens (tertiary/aromatic N) is 1. The van der Waals surface area contributed by atoms with Gasteiger partial charge in [-0.3, -0.25) is 0 Å². The van der Waals surface area contributed by atoms with Gasteiger partial charge in [-0.1, -0.05) is 29.8 Å². The maximum absolute atomic E-state index is 8.99. The zero-order valence-electron chi connectivity index (χ0n) is 9.20. The van der Waals surface area contributed by atoms with Gasteiger partial charge in [-0.05, 0) is 33.0 Å². The molecule has 0 fully saturated rings. The molecule has 0 saturated heterocycles. The highest BCUT2D eigenvalue weighted by Crippen LogP contribution is 2.22. The van der Waals surface area contributed by atoms with E-state index in [-0.39, 0.29) is 6.61 Å². The van der Waals surface area contributed by atoms with E-state index in [4.69, 9.17) is 5.11 Å². The lowest BCUT2D eigenvalue weighted by atomic mass is 10.0. The smallest absolute Gasteiger partial charge is 0.0449 e. The molecule has 0 saturated carbocycles. The lowest BCUT2D eigenvalue weighted by molar-refractivity contribution is 0.211. The molecule has 1 rings (SSSR count). The zero-order valence-corrected chi connectivity index (χ0v) is 9.20. The topological polar surface area (TPSA) is 23.5 Å². The highest BCUT2D eigenvalue weighted by molar-refractivity contribution is 5.25. The second-order valence-corrected chi connectivity index (χ2v) is 3.91. The van der Waals surface area contributed by atoms with Gasteiger partial charge < -0.3 is 10.0 Å². The van der Waals surface area contributed by atoms with E-state index in [0.717, 1.165) is 6.42 Å². The minimum Gasteiger partial charge on any atom is -0.396 e. The van der Waals surface area contributed by atoms with Crippen molar-refractivity contribution in [2.45, 2.75) is 19.4 Å². The number of hydrogen-bond acceptors (Lipinski definition) is 2. The summed E-state index contributed by atoms with van der Waals surface area (Å²) in [6, 6.07) is 8.78. The molecule has 0 radical (unpaired) electrons. The summed E-state index contributed by atoms with van der Waals surface area (Å²) in [5, 5.41) is 8.99. The molecule has 14 heavy (non-hydrogen) atoms. The van der Waals surface area contributed by atoms with Crippen LogP contribution in [0.5, 0.6) is 0 Å². The van der Waals surface area contributed by atoms with Crippen LogP contribution in [0.4, 0.5) is 0 Å². The van der Waals surface area contributed by atoms with E-state index in [1.54, 1.807) is 0 Å². The summed E-state index contributed by atoms with van der Waals surface area (Å²) in [5.41, 5.74) is 2.55. The van der Waals surface area contributed by atoms with E-state index < -0.39 is 0 Å². The molecule has 0 aromatic heterocycles. The molecule has 0 aliphatic rings. The minimum atomic E-state index is 0.233. The second kappa shape index (κ2) is 5.13. The summed E-state index contributed by atoms with van der Waals surface area (Å²) in [7, 11) is 4.09. The number of hydrogen-bond donors (Lipinski definition) is 1. The summed E-state index contributed by atoms with van der Waals surface area (Å²) in [4.78, 5) is 2.14. The molecular formula is C12H19NO. The van der Waals surface area contributed by atoms with Gasteiger partial charge in [-0.15, -0.1) is 0 Å². The Kier molecular flexibility index (Phi) is 4.11. The molecule has 0 heterocycles. The Morgan fingerprint density at radius 2 is 2.07 bits per heavy atom. The average Bonchev–Trinajstić information content (AvgIpc) is 2.13. The van der Waals surface area contributed by atoms with Crippen molar-refractivity contribution < 1.29 is 5.11 Å². The Balaban J connectivity index is 2.87. The third-order valence-corrected chi connectivity index (χ3v) is 2.45. The highest BCUT2D eigenvalue weighted by atomic mass is 16.3. The van der Waals surface area contributed by atoms with Crippen LogP contribution in [0.25, 0.3) is 0 Å². The van der Waals surface area contributed by atoms with Crippen LogP contribution in [0, 0.1) is 6.92 Å². The molecule has 2 nitrogen and oxygen atoms in total. The highest BCUT2D eigenvalue weighted by Gasteiger charge is 2.12. The molecule has 78 valence electrons. The van der Waals surface area contributed by atoms with Gasteiger partial charge in [0.15, 0.2) is 0 Å². The van der Waals surface area contributed by atoms with Gasteiger partial charge in [-0.25, -0.2) is 0 Å². The van der Waals surface area contributed by atoms with E-state index in [0.29, 0.717) is 6.04 Å². The molecule has 1 aromatic carbocycles. The summed E-state index contributed by atoms with van der Waals surface area (Å²) in [6.45, 7) is 2.33. The number of aryl methyl sites for hydroxylation is 1. The SMILES string of the molecule is Cc1cccc(C(CCO)N(C)C)c1. The first-order valence-electron chi connectivity index (χ1n) is 4.99. The van der Waals surface area contributed by atoms with Crippen molar-refractivity contribution in [3.8, 4) is 0 Å². The van der Waals surface area contributed by atoms with Crippen molar-refractivity contribution in [2.75, 3.05) is 20.7 Å². The first-order chi connectivity index (χ1) is 6.65. The Hall–Kier alpha value is -0.860. The fraction of sp³-hybridized carbons (Fsp3) is 0.500. The standard InChI is InChI=1S/C12H19NO/c1-10-5-4-6-11(9-10)12(7-8-14)13(2)3/h4-6,9,12,14H,7-8H2,1-3H3. The molecule has 0 spiro atoms. The van der Waals surface area contributed by atoms with Gasteiger partial charge >= 0.3 is 0 Å². The molecular weight excluding hydrogens is 174 g/mol. The van der Waals surface area contributed by atoms with Crippen molar-refractivity contribution in [1.29, 1.82) is 0 Å². The van der Waals surface area contributed by atoms with Crippen LogP contribution in [-0.2, 0) is 0 Å². The molecule has 0 aliphatic heterocycles. The van der Waals surface area contributed by atoms with Gasteiger partial charge in [0.05, 0.1) is 0 Å².